The van der Waals surface area contributed by atoms with Crippen LogP contribution in [0.5, 0.6) is 0 Å². The van der Waals surface area contributed by atoms with Crippen molar-refractivity contribution in [3.63, 3.8) is 0 Å². The van der Waals surface area contributed by atoms with Crippen LogP contribution in [0.15, 0.2) is 54.6 Å². The number of anilines is 2. The second kappa shape index (κ2) is 7.85. The summed E-state index contributed by atoms with van der Waals surface area (Å²) in [5.41, 5.74) is 16.6. The number of nitrogen functional groups attached to an aromatic ring is 2. The van der Waals surface area contributed by atoms with E-state index in [0.29, 0.717) is 32.9 Å². The number of nitrogens with two attached hydrogens (primary N) is 2. The Hall–Kier alpha value is -3.89. The summed E-state index contributed by atoms with van der Waals surface area (Å²) in [5, 5.41) is 13.2. The van der Waals surface area contributed by atoms with Gasteiger partial charge in [-0.1, -0.05) is 60.2 Å². The highest BCUT2D eigenvalue weighted by molar-refractivity contribution is 7.21. The van der Waals surface area contributed by atoms with E-state index in [4.69, 9.17) is 11.5 Å². The smallest absolute Gasteiger partial charge is 0.263 e. The van der Waals surface area contributed by atoms with Gasteiger partial charge >= 0.3 is 0 Å². The van der Waals surface area contributed by atoms with E-state index in [1.165, 1.54) is 11.3 Å². The van der Waals surface area contributed by atoms with Crippen molar-refractivity contribution in [1.82, 2.24) is 10.3 Å². The second-order valence-corrected chi connectivity index (χ2v) is 7.92. The average molecular weight is 414 g/mol. The molecule has 0 aliphatic heterocycles. The number of rotatable bonds is 4. The molecule has 6 nitrogen and oxygen atoms in total. The average Bonchev–Trinajstić information content (AvgIpc) is 3.08. The molecule has 0 unspecified atom stereocenters. The van der Waals surface area contributed by atoms with Crippen molar-refractivity contribution in [2.24, 2.45) is 0 Å². The van der Waals surface area contributed by atoms with E-state index in [1.807, 2.05) is 61.5 Å². The summed E-state index contributed by atoms with van der Waals surface area (Å²) in [7, 11) is 0. The molecule has 2 aromatic carbocycles. The summed E-state index contributed by atoms with van der Waals surface area (Å²) in [5.74, 6) is -0.163. The summed E-state index contributed by atoms with van der Waals surface area (Å²) in [4.78, 5) is 18.1. The minimum atomic E-state index is -0.285. The molecule has 1 amide bonds. The molecule has 2 heterocycles. The molecular weight excluding hydrogens is 394 g/mol. The molecule has 0 aliphatic rings. The van der Waals surface area contributed by atoms with Crippen molar-refractivity contribution in [2.75, 3.05) is 11.5 Å². The molecule has 148 valence electrons. The Morgan fingerprint density at radius 3 is 2.50 bits per heavy atom. The van der Waals surface area contributed by atoms with Crippen LogP contribution in [-0.4, -0.2) is 10.9 Å². The summed E-state index contributed by atoms with van der Waals surface area (Å²) < 4.78 is 0. The first-order chi connectivity index (χ1) is 14.5. The molecular formula is C23H19N5OS. The van der Waals surface area contributed by atoms with E-state index < -0.39 is 0 Å². The van der Waals surface area contributed by atoms with Crippen LogP contribution >= 0.6 is 11.3 Å². The number of nitriles is 1. The zero-order chi connectivity index (χ0) is 21.3. The number of pyridine rings is 1. The van der Waals surface area contributed by atoms with Gasteiger partial charge in [0.2, 0.25) is 0 Å². The van der Waals surface area contributed by atoms with Gasteiger partial charge in [0.15, 0.2) is 0 Å². The number of nitrogens with zero attached hydrogens (tertiary/aromatic N) is 2. The van der Waals surface area contributed by atoms with E-state index in [2.05, 4.69) is 16.4 Å². The Labute approximate surface area is 177 Å². The molecule has 0 radical (unpaired) electrons. The van der Waals surface area contributed by atoms with Gasteiger partial charge < -0.3 is 16.8 Å². The lowest BCUT2D eigenvalue weighted by molar-refractivity contribution is 0.0956. The van der Waals surface area contributed by atoms with Gasteiger partial charge in [-0.05, 0) is 18.1 Å². The summed E-state index contributed by atoms with van der Waals surface area (Å²) in [6, 6.07) is 19.5. The lowest BCUT2D eigenvalue weighted by Crippen LogP contribution is -2.22. The fourth-order valence-electron chi connectivity index (χ4n) is 3.31. The Kier molecular flexibility index (Phi) is 5.09. The summed E-state index contributed by atoms with van der Waals surface area (Å²) in [6.07, 6.45) is 0. The molecule has 0 fully saturated rings. The number of carbonyl (C=O) groups excluding carboxylic acids is 1. The molecule has 5 N–H and O–H groups in total. The number of hydrogen-bond donors (Lipinski definition) is 3. The lowest BCUT2D eigenvalue weighted by atomic mass is 9.97. The highest BCUT2D eigenvalue weighted by Crippen LogP contribution is 2.42. The minimum absolute atomic E-state index is 0.122. The van der Waals surface area contributed by atoms with Crippen molar-refractivity contribution in [3.8, 4) is 17.2 Å². The molecule has 0 saturated carbocycles. The normalized spacial score (nSPS) is 10.7. The van der Waals surface area contributed by atoms with E-state index >= 15 is 0 Å². The number of carbonyl (C=O) groups is 1. The molecule has 0 saturated heterocycles. The number of aromatic nitrogens is 1. The molecule has 4 aromatic rings. The number of hydrogen-bond acceptors (Lipinski definition) is 6. The first-order valence-corrected chi connectivity index (χ1v) is 10.1. The number of amides is 1. The van der Waals surface area contributed by atoms with Crippen LogP contribution in [-0.2, 0) is 6.54 Å². The molecule has 0 atom stereocenters. The maximum Gasteiger partial charge on any atom is 0.263 e. The van der Waals surface area contributed by atoms with Crippen LogP contribution in [0, 0.1) is 18.3 Å². The van der Waals surface area contributed by atoms with E-state index in [0.717, 1.165) is 16.7 Å². The van der Waals surface area contributed by atoms with Crippen LogP contribution in [0.3, 0.4) is 0 Å². The Morgan fingerprint density at radius 1 is 1.13 bits per heavy atom. The van der Waals surface area contributed by atoms with E-state index in [1.54, 1.807) is 0 Å². The monoisotopic (exact) mass is 413 g/mol. The largest absolute Gasteiger partial charge is 0.397 e. The molecule has 2 aromatic heterocycles. The van der Waals surface area contributed by atoms with E-state index in [-0.39, 0.29) is 17.3 Å². The third-order valence-electron chi connectivity index (χ3n) is 4.86. The second-order valence-electron chi connectivity index (χ2n) is 6.92. The first kappa shape index (κ1) is 19.4. The first-order valence-electron chi connectivity index (χ1n) is 9.30. The van der Waals surface area contributed by atoms with Gasteiger partial charge in [0.05, 0.1) is 5.69 Å². The molecule has 4 rings (SSSR count). The predicted molar refractivity (Wildman–Crippen MR) is 121 cm³/mol. The quantitative estimate of drug-likeness (QED) is 0.462. The SMILES string of the molecule is Cc1ccc(CNC(=O)c2sc3nc(N)c(C#N)c(-c4ccccc4)c3c2N)cc1. The molecule has 30 heavy (non-hydrogen) atoms. The van der Waals surface area contributed by atoms with Crippen molar-refractivity contribution >= 4 is 39.0 Å². The number of benzene rings is 2. The molecule has 0 aliphatic carbocycles. The maximum absolute atomic E-state index is 12.9. The number of fused-ring (bicyclic) bond motifs is 1. The van der Waals surface area contributed by atoms with Gasteiger partial charge in [-0.3, -0.25) is 4.79 Å². The van der Waals surface area contributed by atoms with Gasteiger partial charge in [-0.25, -0.2) is 4.98 Å². The summed E-state index contributed by atoms with van der Waals surface area (Å²) in [6.45, 7) is 2.40. The zero-order valence-electron chi connectivity index (χ0n) is 16.3. The van der Waals surface area contributed by atoms with E-state index in [9.17, 15) is 10.1 Å². The van der Waals surface area contributed by atoms with Crippen molar-refractivity contribution < 1.29 is 4.79 Å². The van der Waals surface area contributed by atoms with Crippen LogP contribution < -0.4 is 16.8 Å². The Balaban J connectivity index is 1.77. The van der Waals surface area contributed by atoms with Crippen LogP contribution in [0.1, 0.15) is 26.4 Å². The third kappa shape index (κ3) is 3.45. The van der Waals surface area contributed by atoms with Gasteiger partial charge in [-0.2, -0.15) is 5.26 Å². The van der Waals surface area contributed by atoms with Crippen LogP contribution in [0.2, 0.25) is 0 Å². The number of nitrogens with one attached hydrogen (secondary N) is 1. The number of thiophene rings is 1. The van der Waals surface area contributed by atoms with Gasteiger partial charge in [0, 0.05) is 17.5 Å². The molecule has 7 heteroatoms. The topological polar surface area (TPSA) is 118 Å². The van der Waals surface area contributed by atoms with Gasteiger partial charge in [0.25, 0.3) is 5.91 Å². The fourth-order valence-corrected chi connectivity index (χ4v) is 4.34. The Morgan fingerprint density at radius 2 is 1.83 bits per heavy atom. The minimum Gasteiger partial charge on any atom is -0.397 e. The summed E-state index contributed by atoms with van der Waals surface area (Å²) >= 11 is 1.17. The van der Waals surface area contributed by atoms with Crippen LogP contribution in [0.4, 0.5) is 11.5 Å². The van der Waals surface area contributed by atoms with Crippen molar-refractivity contribution in [1.29, 1.82) is 5.26 Å². The van der Waals surface area contributed by atoms with Crippen LogP contribution in [0.25, 0.3) is 21.3 Å². The van der Waals surface area contributed by atoms with Crippen molar-refractivity contribution in [3.05, 3.63) is 76.2 Å². The Bertz CT molecular complexity index is 1290. The fraction of sp³-hybridized carbons (Fsp3) is 0.0870. The number of aryl methyl sites for hydroxylation is 1. The molecule has 0 bridgehead atoms. The lowest BCUT2D eigenvalue weighted by Gasteiger charge is -2.09. The standard InChI is InChI=1S/C23H19N5OS/c1-13-7-9-14(10-8-13)12-27-22(29)20-19(25)18-17(15-5-3-2-4-6-15)16(11-24)21(26)28-23(18)30-20/h2-10H,12,25H2,1H3,(H2,26,28)(H,27,29). The van der Waals surface area contributed by atoms with Gasteiger partial charge in [0.1, 0.15) is 27.2 Å². The van der Waals surface area contributed by atoms with Crippen molar-refractivity contribution in [2.45, 2.75) is 13.5 Å². The highest BCUT2D eigenvalue weighted by atomic mass is 32.1. The highest BCUT2D eigenvalue weighted by Gasteiger charge is 2.24. The maximum atomic E-state index is 12.9. The third-order valence-corrected chi connectivity index (χ3v) is 5.96. The predicted octanol–water partition coefficient (Wildman–Crippen LogP) is 4.24. The molecule has 0 spiro atoms. The zero-order valence-corrected chi connectivity index (χ0v) is 17.1. The van der Waals surface area contributed by atoms with Gasteiger partial charge in [-0.15, -0.1) is 11.3 Å².